The Bertz CT molecular complexity index is 655. The molecule has 0 radical (unpaired) electrons. The lowest BCUT2D eigenvalue weighted by Crippen LogP contribution is -2.34. The minimum atomic E-state index is -0.286. The molecule has 0 aromatic heterocycles. The number of nitrogens with one attached hydrogen (secondary N) is 1. The van der Waals surface area contributed by atoms with Crippen LogP contribution >= 0.6 is 31.9 Å². The van der Waals surface area contributed by atoms with Crippen molar-refractivity contribution in [2.75, 3.05) is 5.32 Å². The molecule has 0 saturated heterocycles. The molecule has 0 spiro atoms. The van der Waals surface area contributed by atoms with Crippen LogP contribution in [0.15, 0.2) is 51.4 Å². The average molecular weight is 397 g/mol. The van der Waals surface area contributed by atoms with Crippen LogP contribution in [0.5, 0.6) is 5.75 Å². The number of hydrogen-bond acceptors (Lipinski definition) is 2. The molecular weight excluding hydrogens is 382 g/mol. The maximum absolute atomic E-state index is 6.06. The van der Waals surface area contributed by atoms with E-state index in [4.69, 9.17) is 4.74 Å². The smallest absolute Gasteiger partial charge is 0.128 e. The van der Waals surface area contributed by atoms with Crippen molar-refractivity contribution in [3.63, 3.8) is 0 Å². The van der Waals surface area contributed by atoms with Crippen molar-refractivity contribution >= 4 is 37.5 Å². The SMILES string of the molecule is CC1(C)Oc2ccccc2C1Nc1cc(Br)ccc1Br. The minimum absolute atomic E-state index is 0.115. The summed E-state index contributed by atoms with van der Waals surface area (Å²) in [5.41, 5.74) is 1.97. The summed E-state index contributed by atoms with van der Waals surface area (Å²) in [7, 11) is 0. The van der Waals surface area contributed by atoms with Crippen molar-refractivity contribution < 1.29 is 4.74 Å². The van der Waals surface area contributed by atoms with E-state index in [1.54, 1.807) is 0 Å². The van der Waals surface area contributed by atoms with Crippen LogP contribution in [0, 0.1) is 0 Å². The second-order valence-electron chi connectivity index (χ2n) is 5.44. The number of para-hydroxylation sites is 1. The highest BCUT2D eigenvalue weighted by atomic mass is 79.9. The summed E-state index contributed by atoms with van der Waals surface area (Å²) in [5.74, 6) is 0.959. The largest absolute Gasteiger partial charge is 0.485 e. The van der Waals surface area contributed by atoms with Gasteiger partial charge in [-0.25, -0.2) is 0 Å². The molecule has 104 valence electrons. The Morgan fingerprint density at radius 1 is 1.10 bits per heavy atom. The Morgan fingerprint density at radius 2 is 1.85 bits per heavy atom. The van der Waals surface area contributed by atoms with Crippen LogP contribution < -0.4 is 10.1 Å². The summed E-state index contributed by atoms with van der Waals surface area (Å²) in [6.07, 6.45) is 0. The first-order valence-electron chi connectivity index (χ1n) is 6.47. The lowest BCUT2D eigenvalue weighted by atomic mass is 9.94. The van der Waals surface area contributed by atoms with Gasteiger partial charge in [0.25, 0.3) is 0 Å². The lowest BCUT2D eigenvalue weighted by molar-refractivity contribution is 0.118. The Labute approximate surface area is 135 Å². The highest BCUT2D eigenvalue weighted by molar-refractivity contribution is 9.11. The first kappa shape index (κ1) is 14.0. The first-order valence-corrected chi connectivity index (χ1v) is 8.05. The van der Waals surface area contributed by atoms with E-state index in [0.29, 0.717) is 0 Å². The highest BCUT2D eigenvalue weighted by Crippen LogP contribution is 2.45. The van der Waals surface area contributed by atoms with Gasteiger partial charge >= 0.3 is 0 Å². The molecule has 4 heteroatoms. The maximum atomic E-state index is 6.06. The van der Waals surface area contributed by atoms with E-state index in [-0.39, 0.29) is 11.6 Å². The molecule has 2 aromatic carbocycles. The topological polar surface area (TPSA) is 21.3 Å². The first-order chi connectivity index (χ1) is 9.47. The molecule has 20 heavy (non-hydrogen) atoms. The highest BCUT2D eigenvalue weighted by Gasteiger charge is 2.41. The molecule has 1 atom stereocenters. The Morgan fingerprint density at radius 3 is 2.65 bits per heavy atom. The molecule has 1 unspecified atom stereocenters. The summed E-state index contributed by atoms with van der Waals surface area (Å²) in [6, 6.07) is 14.4. The molecule has 3 rings (SSSR count). The zero-order chi connectivity index (χ0) is 14.3. The average Bonchev–Trinajstić information content (AvgIpc) is 2.65. The molecular formula is C16H15Br2NO. The maximum Gasteiger partial charge on any atom is 0.128 e. The zero-order valence-corrected chi connectivity index (χ0v) is 14.5. The summed E-state index contributed by atoms with van der Waals surface area (Å²) < 4.78 is 8.15. The second kappa shape index (κ2) is 5.08. The molecule has 2 aromatic rings. The van der Waals surface area contributed by atoms with Crippen molar-refractivity contribution in [2.45, 2.75) is 25.5 Å². The van der Waals surface area contributed by atoms with Crippen molar-refractivity contribution in [2.24, 2.45) is 0 Å². The van der Waals surface area contributed by atoms with Crippen LogP contribution in [-0.4, -0.2) is 5.60 Å². The van der Waals surface area contributed by atoms with E-state index < -0.39 is 0 Å². The van der Waals surface area contributed by atoms with E-state index >= 15 is 0 Å². The Hall–Kier alpha value is -1.000. The summed E-state index contributed by atoms with van der Waals surface area (Å²) in [6.45, 7) is 4.22. The van der Waals surface area contributed by atoms with E-state index in [1.165, 1.54) is 5.56 Å². The number of hydrogen-bond donors (Lipinski definition) is 1. The fourth-order valence-electron chi connectivity index (χ4n) is 2.54. The van der Waals surface area contributed by atoms with Crippen LogP contribution in [-0.2, 0) is 0 Å². The third kappa shape index (κ3) is 2.47. The van der Waals surface area contributed by atoms with Crippen LogP contribution in [0.4, 0.5) is 5.69 Å². The van der Waals surface area contributed by atoms with Gasteiger partial charge in [-0.1, -0.05) is 34.1 Å². The lowest BCUT2D eigenvalue weighted by Gasteiger charge is -2.28. The van der Waals surface area contributed by atoms with E-state index in [1.807, 2.05) is 30.3 Å². The van der Waals surface area contributed by atoms with Crippen molar-refractivity contribution in [1.82, 2.24) is 0 Å². The van der Waals surface area contributed by atoms with Gasteiger partial charge in [-0.15, -0.1) is 0 Å². The van der Waals surface area contributed by atoms with Gasteiger partial charge < -0.3 is 10.1 Å². The van der Waals surface area contributed by atoms with E-state index in [0.717, 1.165) is 20.4 Å². The van der Waals surface area contributed by atoms with E-state index in [2.05, 4.69) is 63.2 Å². The third-order valence-corrected chi connectivity index (χ3v) is 4.71. The quantitative estimate of drug-likeness (QED) is 0.719. The van der Waals surface area contributed by atoms with Gasteiger partial charge in [-0.3, -0.25) is 0 Å². The fourth-order valence-corrected chi connectivity index (χ4v) is 3.27. The molecule has 1 heterocycles. The molecule has 0 fully saturated rings. The van der Waals surface area contributed by atoms with Crippen molar-refractivity contribution in [3.05, 3.63) is 57.0 Å². The van der Waals surface area contributed by atoms with Gasteiger partial charge in [0.1, 0.15) is 11.4 Å². The monoisotopic (exact) mass is 395 g/mol. The predicted molar refractivity (Wildman–Crippen MR) is 89.4 cm³/mol. The zero-order valence-electron chi connectivity index (χ0n) is 11.3. The van der Waals surface area contributed by atoms with Gasteiger partial charge in [-0.2, -0.15) is 0 Å². The molecule has 1 aliphatic rings. The number of fused-ring (bicyclic) bond motifs is 1. The van der Waals surface area contributed by atoms with Gasteiger partial charge in [0, 0.05) is 14.5 Å². The molecule has 1 N–H and O–H groups in total. The van der Waals surface area contributed by atoms with Gasteiger partial charge in [0.15, 0.2) is 0 Å². The third-order valence-electron chi connectivity index (χ3n) is 3.53. The normalized spacial score (nSPS) is 19.3. The van der Waals surface area contributed by atoms with Gasteiger partial charge in [0.05, 0.1) is 11.7 Å². The minimum Gasteiger partial charge on any atom is -0.485 e. The number of benzene rings is 2. The molecule has 0 amide bonds. The number of halogens is 2. The van der Waals surface area contributed by atoms with Crippen LogP contribution in [0.3, 0.4) is 0 Å². The summed E-state index contributed by atoms with van der Waals surface area (Å²) in [4.78, 5) is 0. The Kier molecular flexibility index (Phi) is 3.55. The standard InChI is InChI=1S/C16H15Br2NO/c1-16(2)15(11-5-3-4-6-14(11)20-16)19-13-9-10(17)7-8-12(13)18/h3-9,15,19H,1-2H3. The number of ether oxygens (including phenoxy) is 1. The molecule has 0 saturated carbocycles. The number of anilines is 1. The van der Waals surface area contributed by atoms with Crippen LogP contribution in [0.25, 0.3) is 0 Å². The van der Waals surface area contributed by atoms with Gasteiger partial charge in [0.2, 0.25) is 0 Å². The molecule has 0 bridgehead atoms. The Balaban J connectivity index is 1.99. The van der Waals surface area contributed by atoms with Crippen LogP contribution in [0.2, 0.25) is 0 Å². The fraction of sp³-hybridized carbons (Fsp3) is 0.250. The molecule has 0 aliphatic carbocycles. The predicted octanol–water partition coefficient (Wildman–Crippen LogP) is 5.54. The second-order valence-corrected chi connectivity index (χ2v) is 7.21. The number of rotatable bonds is 2. The van der Waals surface area contributed by atoms with Crippen molar-refractivity contribution in [3.8, 4) is 5.75 Å². The van der Waals surface area contributed by atoms with Crippen molar-refractivity contribution in [1.29, 1.82) is 0 Å². The van der Waals surface area contributed by atoms with E-state index in [9.17, 15) is 0 Å². The van der Waals surface area contributed by atoms with Gasteiger partial charge in [-0.05, 0) is 54.0 Å². The molecule has 2 nitrogen and oxygen atoms in total. The summed E-state index contributed by atoms with van der Waals surface area (Å²) in [5, 5.41) is 3.59. The summed E-state index contributed by atoms with van der Waals surface area (Å²) >= 11 is 7.10. The molecule has 1 aliphatic heterocycles. The van der Waals surface area contributed by atoms with Crippen LogP contribution in [0.1, 0.15) is 25.5 Å².